The molecule has 0 aliphatic carbocycles. The molecule has 29 heavy (non-hydrogen) atoms. The summed E-state index contributed by atoms with van der Waals surface area (Å²) in [7, 11) is 0. The third-order valence-corrected chi connectivity index (χ3v) is 5.32. The number of nitrogens with zero attached hydrogens (tertiary/aromatic N) is 4. The summed E-state index contributed by atoms with van der Waals surface area (Å²) in [5.74, 6) is 0.393. The van der Waals surface area contributed by atoms with E-state index >= 15 is 0 Å². The Labute approximate surface area is 170 Å². The largest absolute Gasteiger partial charge is 0.336 e. The molecule has 1 aliphatic rings. The Kier molecular flexibility index (Phi) is 6.56. The average molecular weight is 398 g/mol. The standard InChI is InChI=1S/C22H27FN4O2/c1-4-20-24-11-17(12-25-20)22(29)26-10-9-21(28)27(19(14-26)15(2)3)13-16-5-7-18(23)8-6-16/h5-8,11-12,15,19H,4,9-10,13-14H2,1-3H3/t19-/m0/s1. The van der Waals surface area contributed by atoms with Crippen LogP contribution in [0.2, 0.25) is 0 Å². The van der Waals surface area contributed by atoms with Gasteiger partial charge in [0.25, 0.3) is 5.91 Å². The van der Waals surface area contributed by atoms with Gasteiger partial charge in [-0.25, -0.2) is 14.4 Å². The third kappa shape index (κ3) is 4.96. The van der Waals surface area contributed by atoms with Crippen LogP contribution in [0.1, 0.15) is 48.9 Å². The van der Waals surface area contributed by atoms with E-state index < -0.39 is 0 Å². The number of aryl methyl sites for hydroxylation is 1. The number of amides is 2. The van der Waals surface area contributed by atoms with Gasteiger partial charge in [-0.05, 0) is 23.6 Å². The van der Waals surface area contributed by atoms with Crippen LogP contribution in [-0.4, -0.2) is 50.7 Å². The first-order valence-electron chi connectivity index (χ1n) is 10.0. The summed E-state index contributed by atoms with van der Waals surface area (Å²) in [6, 6.07) is 6.06. The van der Waals surface area contributed by atoms with E-state index in [4.69, 9.17) is 0 Å². The quantitative estimate of drug-likeness (QED) is 0.776. The summed E-state index contributed by atoms with van der Waals surface area (Å²) < 4.78 is 13.2. The average Bonchev–Trinajstić information content (AvgIpc) is 2.89. The lowest BCUT2D eigenvalue weighted by molar-refractivity contribution is -0.134. The van der Waals surface area contributed by atoms with Crippen molar-refractivity contribution in [2.24, 2.45) is 5.92 Å². The number of carbonyl (C=O) groups is 2. The van der Waals surface area contributed by atoms with Crippen LogP contribution in [-0.2, 0) is 17.8 Å². The number of carbonyl (C=O) groups excluding carboxylic acids is 2. The van der Waals surface area contributed by atoms with E-state index in [2.05, 4.69) is 9.97 Å². The van der Waals surface area contributed by atoms with Crippen molar-refractivity contribution >= 4 is 11.8 Å². The maximum absolute atomic E-state index is 13.2. The molecule has 1 atom stereocenters. The fourth-order valence-corrected chi connectivity index (χ4v) is 3.55. The summed E-state index contributed by atoms with van der Waals surface area (Å²) >= 11 is 0. The second-order valence-electron chi connectivity index (χ2n) is 7.70. The van der Waals surface area contributed by atoms with Crippen molar-refractivity contribution in [2.45, 2.75) is 46.2 Å². The Balaban J connectivity index is 1.80. The van der Waals surface area contributed by atoms with Crippen LogP contribution < -0.4 is 0 Å². The molecule has 2 aromatic rings. The summed E-state index contributed by atoms with van der Waals surface area (Å²) in [6.07, 6.45) is 4.08. The summed E-state index contributed by atoms with van der Waals surface area (Å²) in [4.78, 5) is 37.9. The molecule has 0 radical (unpaired) electrons. The van der Waals surface area contributed by atoms with Crippen LogP contribution in [0, 0.1) is 11.7 Å². The maximum Gasteiger partial charge on any atom is 0.257 e. The Morgan fingerprint density at radius 1 is 1.21 bits per heavy atom. The van der Waals surface area contributed by atoms with Crippen molar-refractivity contribution in [3.8, 4) is 0 Å². The lowest BCUT2D eigenvalue weighted by atomic mass is 10.0. The molecule has 1 aliphatic heterocycles. The van der Waals surface area contributed by atoms with E-state index in [0.29, 0.717) is 37.4 Å². The minimum absolute atomic E-state index is 0.000839. The number of aromatic nitrogens is 2. The Hall–Kier alpha value is -2.83. The molecule has 3 rings (SSSR count). The molecule has 2 heterocycles. The van der Waals surface area contributed by atoms with Crippen LogP contribution in [0.5, 0.6) is 0 Å². The summed E-state index contributed by atoms with van der Waals surface area (Å²) in [5, 5.41) is 0. The molecule has 1 fully saturated rings. The first-order chi connectivity index (χ1) is 13.9. The van der Waals surface area contributed by atoms with Gasteiger partial charge in [0.2, 0.25) is 5.91 Å². The van der Waals surface area contributed by atoms with Crippen molar-refractivity contribution in [1.82, 2.24) is 19.8 Å². The number of benzene rings is 1. The van der Waals surface area contributed by atoms with E-state index in [1.165, 1.54) is 12.1 Å². The minimum atomic E-state index is -0.301. The van der Waals surface area contributed by atoms with Crippen LogP contribution in [0.25, 0.3) is 0 Å². The molecule has 0 saturated carbocycles. The van der Waals surface area contributed by atoms with Crippen LogP contribution >= 0.6 is 0 Å². The van der Waals surface area contributed by atoms with Crippen molar-refractivity contribution in [1.29, 1.82) is 0 Å². The van der Waals surface area contributed by atoms with Gasteiger partial charge in [-0.1, -0.05) is 32.9 Å². The van der Waals surface area contributed by atoms with E-state index in [0.717, 1.165) is 5.56 Å². The molecular weight excluding hydrogens is 371 g/mol. The summed E-state index contributed by atoms with van der Waals surface area (Å²) in [6.45, 7) is 7.25. The number of hydrogen-bond acceptors (Lipinski definition) is 4. The highest BCUT2D eigenvalue weighted by Gasteiger charge is 2.33. The van der Waals surface area contributed by atoms with Crippen molar-refractivity contribution in [3.63, 3.8) is 0 Å². The van der Waals surface area contributed by atoms with Crippen molar-refractivity contribution < 1.29 is 14.0 Å². The van der Waals surface area contributed by atoms with Gasteiger partial charge in [0.05, 0.1) is 11.6 Å². The van der Waals surface area contributed by atoms with Gasteiger partial charge >= 0.3 is 0 Å². The van der Waals surface area contributed by atoms with E-state index in [1.54, 1.807) is 29.4 Å². The molecule has 0 spiro atoms. The van der Waals surface area contributed by atoms with Crippen LogP contribution in [0.15, 0.2) is 36.7 Å². The molecule has 7 heteroatoms. The van der Waals surface area contributed by atoms with Crippen molar-refractivity contribution in [3.05, 3.63) is 59.4 Å². The molecular formula is C22H27FN4O2. The molecule has 0 unspecified atom stereocenters. The van der Waals surface area contributed by atoms with Gasteiger partial charge in [-0.15, -0.1) is 0 Å². The van der Waals surface area contributed by atoms with Crippen molar-refractivity contribution in [2.75, 3.05) is 13.1 Å². The molecule has 2 amide bonds. The zero-order valence-corrected chi connectivity index (χ0v) is 17.1. The summed E-state index contributed by atoms with van der Waals surface area (Å²) in [5.41, 5.74) is 1.30. The second kappa shape index (κ2) is 9.11. The minimum Gasteiger partial charge on any atom is -0.336 e. The highest BCUT2D eigenvalue weighted by molar-refractivity contribution is 5.94. The van der Waals surface area contributed by atoms with E-state index in [-0.39, 0.29) is 36.0 Å². The first-order valence-corrected chi connectivity index (χ1v) is 10.0. The van der Waals surface area contributed by atoms with Gasteiger partial charge in [-0.3, -0.25) is 9.59 Å². The van der Waals surface area contributed by atoms with Crippen LogP contribution in [0.4, 0.5) is 4.39 Å². The van der Waals surface area contributed by atoms with E-state index in [9.17, 15) is 14.0 Å². The molecule has 0 bridgehead atoms. The SMILES string of the molecule is CCc1ncc(C(=O)N2CCC(=O)N(Cc3ccc(F)cc3)[C@H](C(C)C)C2)cn1. The zero-order valence-electron chi connectivity index (χ0n) is 17.1. The highest BCUT2D eigenvalue weighted by Crippen LogP contribution is 2.22. The first kappa shape index (κ1) is 20.9. The molecule has 1 aromatic carbocycles. The lowest BCUT2D eigenvalue weighted by Crippen LogP contribution is -2.47. The number of rotatable bonds is 5. The van der Waals surface area contributed by atoms with Gasteiger partial charge in [0, 0.05) is 44.9 Å². The maximum atomic E-state index is 13.2. The smallest absolute Gasteiger partial charge is 0.257 e. The Morgan fingerprint density at radius 2 is 1.86 bits per heavy atom. The monoisotopic (exact) mass is 398 g/mol. The zero-order chi connectivity index (χ0) is 21.0. The Morgan fingerprint density at radius 3 is 2.45 bits per heavy atom. The topological polar surface area (TPSA) is 66.4 Å². The number of halogens is 1. The van der Waals surface area contributed by atoms with Gasteiger partial charge in [-0.2, -0.15) is 0 Å². The lowest BCUT2D eigenvalue weighted by Gasteiger charge is -2.34. The van der Waals surface area contributed by atoms with Crippen LogP contribution in [0.3, 0.4) is 0 Å². The third-order valence-electron chi connectivity index (χ3n) is 5.32. The van der Waals surface area contributed by atoms with Gasteiger partial charge in [0.15, 0.2) is 0 Å². The fraction of sp³-hybridized carbons (Fsp3) is 0.455. The van der Waals surface area contributed by atoms with E-state index in [1.807, 2.05) is 25.7 Å². The number of hydrogen-bond donors (Lipinski definition) is 0. The molecule has 154 valence electrons. The predicted molar refractivity (Wildman–Crippen MR) is 108 cm³/mol. The van der Waals surface area contributed by atoms with Gasteiger partial charge in [0.1, 0.15) is 11.6 Å². The normalized spacial score (nSPS) is 17.6. The fourth-order valence-electron chi connectivity index (χ4n) is 3.55. The predicted octanol–water partition coefficient (Wildman–Crippen LogP) is 3.08. The Bertz CT molecular complexity index is 852. The molecule has 1 saturated heterocycles. The van der Waals surface area contributed by atoms with Gasteiger partial charge < -0.3 is 9.80 Å². The molecule has 6 nitrogen and oxygen atoms in total. The second-order valence-corrected chi connectivity index (χ2v) is 7.70. The molecule has 0 N–H and O–H groups in total. The highest BCUT2D eigenvalue weighted by atomic mass is 19.1. The molecule has 1 aromatic heterocycles.